The van der Waals surface area contributed by atoms with Crippen LogP contribution in [-0.4, -0.2) is 25.7 Å². The molecule has 0 atom stereocenters. The van der Waals surface area contributed by atoms with Crippen molar-refractivity contribution in [2.45, 2.75) is 52.9 Å². The minimum absolute atomic E-state index is 0.439. The molecule has 0 radical (unpaired) electrons. The van der Waals surface area contributed by atoms with Crippen molar-refractivity contribution in [1.82, 2.24) is 19.7 Å². The topological polar surface area (TPSA) is 60.0 Å². The SMILES string of the molecule is CCCn1ncnc1CN(Cc1ccc(N)cc1)C(C)C. The third-order valence-electron chi connectivity index (χ3n) is 3.57. The van der Waals surface area contributed by atoms with Gasteiger partial charge in [-0.05, 0) is 38.0 Å². The van der Waals surface area contributed by atoms with Crippen LogP contribution in [0.1, 0.15) is 38.6 Å². The fourth-order valence-electron chi connectivity index (χ4n) is 2.27. The van der Waals surface area contributed by atoms with Crippen LogP contribution in [0.25, 0.3) is 0 Å². The Morgan fingerprint density at radius 2 is 1.90 bits per heavy atom. The summed E-state index contributed by atoms with van der Waals surface area (Å²) in [6, 6.07) is 8.51. The van der Waals surface area contributed by atoms with Gasteiger partial charge in [-0.3, -0.25) is 4.90 Å². The van der Waals surface area contributed by atoms with Crippen LogP contribution in [-0.2, 0) is 19.6 Å². The molecule has 2 rings (SSSR count). The summed E-state index contributed by atoms with van der Waals surface area (Å²) >= 11 is 0. The fraction of sp³-hybridized carbons (Fsp3) is 0.500. The molecule has 1 heterocycles. The first-order chi connectivity index (χ1) is 10.1. The van der Waals surface area contributed by atoms with Crippen LogP contribution in [0.2, 0.25) is 0 Å². The van der Waals surface area contributed by atoms with Gasteiger partial charge in [-0.2, -0.15) is 5.10 Å². The van der Waals surface area contributed by atoms with E-state index in [-0.39, 0.29) is 0 Å². The van der Waals surface area contributed by atoms with Gasteiger partial charge in [0, 0.05) is 24.8 Å². The summed E-state index contributed by atoms with van der Waals surface area (Å²) in [5.74, 6) is 1.03. The summed E-state index contributed by atoms with van der Waals surface area (Å²) in [7, 11) is 0. The molecule has 21 heavy (non-hydrogen) atoms. The van der Waals surface area contributed by atoms with Gasteiger partial charge in [0.05, 0.1) is 6.54 Å². The molecule has 0 aliphatic carbocycles. The molecule has 1 aromatic carbocycles. The number of hydrogen-bond acceptors (Lipinski definition) is 4. The Kier molecular flexibility index (Phi) is 5.33. The fourth-order valence-corrected chi connectivity index (χ4v) is 2.27. The molecule has 0 bridgehead atoms. The van der Waals surface area contributed by atoms with E-state index < -0.39 is 0 Å². The lowest BCUT2D eigenvalue weighted by molar-refractivity contribution is 0.194. The zero-order valence-electron chi connectivity index (χ0n) is 13.2. The second-order valence-corrected chi connectivity index (χ2v) is 5.64. The first-order valence-electron chi connectivity index (χ1n) is 7.55. The summed E-state index contributed by atoms with van der Waals surface area (Å²) < 4.78 is 2.00. The lowest BCUT2D eigenvalue weighted by atomic mass is 10.1. The van der Waals surface area contributed by atoms with Gasteiger partial charge in [0.1, 0.15) is 12.2 Å². The van der Waals surface area contributed by atoms with Gasteiger partial charge in [-0.25, -0.2) is 9.67 Å². The second-order valence-electron chi connectivity index (χ2n) is 5.64. The molecule has 2 N–H and O–H groups in total. The number of hydrogen-bond donors (Lipinski definition) is 1. The molecule has 0 saturated heterocycles. The second kappa shape index (κ2) is 7.22. The van der Waals surface area contributed by atoms with E-state index in [2.05, 4.69) is 47.9 Å². The molecule has 0 spiro atoms. The Labute approximate surface area is 126 Å². The van der Waals surface area contributed by atoms with E-state index >= 15 is 0 Å². The molecule has 0 aliphatic rings. The lowest BCUT2D eigenvalue weighted by Crippen LogP contribution is -2.31. The summed E-state index contributed by atoms with van der Waals surface area (Å²) in [5, 5.41) is 4.30. The molecule has 114 valence electrons. The first-order valence-corrected chi connectivity index (χ1v) is 7.55. The maximum Gasteiger partial charge on any atom is 0.141 e. The zero-order chi connectivity index (χ0) is 15.2. The molecular weight excluding hydrogens is 262 g/mol. The smallest absolute Gasteiger partial charge is 0.141 e. The van der Waals surface area contributed by atoms with Crippen molar-refractivity contribution in [2.75, 3.05) is 5.73 Å². The van der Waals surface area contributed by atoms with Crippen molar-refractivity contribution >= 4 is 5.69 Å². The van der Waals surface area contributed by atoms with Gasteiger partial charge in [0.25, 0.3) is 0 Å². The van der Waals surface area contributed by atoms with Crippen LogP contribution in [0.4, 0.5) is 5.69 Å². The minimum Gasteiger partial charge on any atom is -0.399 e. The normalized spacial score (nSPS) is 11.5. The predicted molar refractivity (Wildman–Crippen MR) is 85.6 cm³/mol. The number of anilines is 1. The van der Waals surface area contributed by atoms with E-state index in [0.717, 1.165) is 37.6 Å². The molecular formula is C16H25N5. The van der Waals surface area contributed by atoms with E-state index in [1.165, 1.54) is 5.56 Å². The third-order valence-corrected chi connectivity index (χ3v) is 3.57. The molecule has 0 aliphatic heterocycles. The Morgan fingerprint density at radius 1 is 1.19 bits per heavy atom. The highest BCUT2D eigenvalue weighted by molar-refractivity contribution is 5.39. The van der Waals surface area contributed by atoms with E-state index in [1.807, 2.05) is 16.8 Å². The first kappa shape index (κ1) is 15.5. The van der Waals surface area contributed by atoms with Gasteiger partial charge in [-0.15, -0.1) is 0 Å². The summed E-state index contributed by atoms with van der Waals surface area (Å²) in [4.78, 5) is 6.79. The number of aryl methyl sites for hydroxylation is 1. The van der Waals surface area contributed by atoms with Gasteiger partial charge in [0.2, 0.25) is 0 Å². The number of aromatic nitrogens is 3. The maximum absolute atomic E-state index is 5.74. The number of rotatable bonds is 7. The molecule has 1 aromatic heterocycles. The lowest BCUT2D eigenvalue weighted by Gasteiger charge is -2.26. The monoisotopic (exact) mass is 287 g/mol. The summed E-state index contributed by atoms with van der Waals surface area (Å²) in [5.41, 5.74) is 7.81. The quantitative estimate of drug-likeness (QED) is 0.795. The van der Waals surface area contributed by atoms with Crippen LogP contribution >= 0.6 is 0 Å². The van der Waals surface area contributed by atoms with Crippen LogP contribution in [0.5, 0.6) is 0 Å². The van der Waals surface area contributed by atoms with Crippen molar-refractivity contribution in [3.8, 4) is 0 Å². The van der Waals surface area contributed by atoms with Crippen molar-refractivity contribution in [3.63, 3.8) is 0 Å². The Balaban J connectivity index is 2.08. The largest absolute Gasteiger partial charge is 0.399 e. The Bertz CT molecular complexity index is 544. The minimum atomic E-state index is 0.439. The van der Waals surface area contributed by atoms with E-state index in [9.17, 15) is 0 Å². The average Bonchev–Trinajstić information content (AvgIpc) is 2.88. The highest BCUT2D eigenvalue weighted by Crippen LogP contribution is 2.13. The number of benzene rings is 1. The van der Waals surface area contributed by atoms with Crippen LogP contribution < -0.4 is 5.73 Å². The van der Waals surface area contributed by atoms with Gasteiger partial charge in [-0.1, -0.05) is 19.1 Å². The molecule has 5 heteroatoms. The highest BCUT2D eigenvalue weighted by Gasteiger charge is 2.14. The molecule has 0 unspecified atom stereocenters. The number of nitrogens with two attached hydrogens (primary N) is 1. The maximum atomic E-state index is 5.74. The van der Waals surface area contributed by atoms with Gasteiger partial charge >= 0.3 is 0 Å². The van der Waals surface area contributed by atoms with Crippen molar-refractivity contribution in [3.05, 3.63) is 42.0 Å². The summed E-state index contributed by atoms with van der Waals surface area (Å²) in [6.45, 7) is 9.18. The highest BCUT2D eigenvalue weighted by atomic mass is 15.3. The van der Waals surface area contributed by atoms with Gasteiger partial charge in [0.15, 0.2) is 0 Å². The third kappa shape index (κ3) is 4.29. The standard InChI is InChI=1S/C16H25N5/c1-4-9-21-16(18-12-19-21)11-20(13(2)3)10-14-5-7-15(17)8-6-14/h5-8,12-13H,4,9-11,17H2,1-3H3. The zero-order valence-corrected chi connectivity index (χ0v) is 13.2. The summed E-state index contributed by atoms with van der Waals surface area (Å²) in [6.07, 6.45) is 2.71. The molecule has 0 amide bonds. The van der Waals surface area contributed by atoms with Gasteiger partial charge < -0.3 is 5.73 Å². The number of nitrogens with zero attached hydrogens (tertiary/aromatic N) is 4. The van der Waals surface area contributed by atoms with Crippen LogP contribution in [0.15, 0.2) is 30.6 Å². The van der Waals surface area contributed by atoms with Crippen LogP contribution in [0.3, 0.4) is 0 Å². The Morgan fingerprint density at radius 3 is 2.52 bits per heavy atom. The van der Waals surface area contributed by atoms with E-state index in [0.29, 0.717) is 6.04 Å². The van der Waals surface area contributed by atoms with Crippen molar-refractivity contribution in [2.24, 2.45) is 0 Å². The van der Waals surface area contributed by atoms with Crippen LogP contribution in [0, 0.1) is 0 Å². The van der Waals surface area contributed by atoms with Crippen molar-refractivity contribution < 1.29 is 0 Å². The van der Waals surface area contributed by atoms with E-state index in [4.69, 9.17) is 5.73 Å². The molecule has 0 saturated carbocycles. The molecule has 0 fully saturated rings. The Hall–Kier alpha value is -1.88. The number of nitrogen functional groups attached to an aromatic ring is 1. The molecule has 5 nitrogen and oxygen atoms in total. The predicted octanol–water partition coefficient (Wildman–Crippen LogP) is 2.68. The van der Waals surface area contributed by atoms with Crippen molar-refractivity contribution in [1.29, 1.82) is 0 Å². The van der Waals surface area contributed by atoms with E-state index in [1.54, 1.807) is 6.33 Å². The molecule has 2 aromatic rings. The average molecular weight is 287 g/mol.